The van der Waals surface area contributed by atoms with Crippen molar-refractivity contribution in [1.29, 1.82) is 0 Å². The second-order valence-corrected chi connectivity index (χ2v) is 6.87. The molecule has 14 nitrogen and oxygen atoms in total. The summed E-state index contributed by atoms with van der Waals surface area (Å²) in [4.78, 5) is 10.9. The Morgan fingerprint density at radius 2 is 1.79 bits per heavy atom. The number of rotatable bonds is 6. The summed E-state index contributed by atoms with van der Waals surface area (Å²) < 4.78 is 48.7. The molecule has 0 aromatic heterocycles. The molecule has 29 heavy (non-hydrogen) atoms. The van der Waals surface area contributed by atoms with E-state index >= 15 is 0 Å². The molecule has 0 aromatic carbocycles. The molecule has 0 spiro atoms. The van der Waals surface area contributed by atoms with Crippen LogP contribution in [0.15, 0.2) is 11.8 Å². The van der Waals surface area contributed by atoms with Crippen LogP contribution in [-0.2, 0) is 29.3 Å². The fourth-order valence-electron chi connectivity index (χ4n) is 2.57. The Morgan fingerprint density at radius 1 is 1.21 bits per heavy atom. The van der Waals surface area contributed by atoms with Gasteiger partial charge in [-0.2, -0.15) is 0 Å². The minimum absolute atomic E-state index is 0. The summed E-state index contributed by atoms with van der Waals surface area (Å²) in [6.07, 6.45) is -12.1. The average Bonchev–Trinajstić information content (AvgIpc) is 2.56. The second kappa shape index (κ2) is 12.0. The third-order valence-electron chi connectivity index (χ3n) is 3.84. The van der Waals surface area contributed by atoms with Gasteiger partial charge in [-0.15, -0.1) is 0 Å². The molecule has 2 rings (SSSR count). The van der Waals surface area contributed by atoms with Gasteiger partial charge in [0.15, 0.2) is 16.6 Å². The first kappa shape index (κ1) is 29.6. The Kier molecular flexibility index (Phi) is 12.3. The summed E-state index contributed by atoms with van der Waals surface area (Å²) >= 11 is 0. The van der Waals surface area contributed by atoms with Crippen molar-refractivity contribution in [2.75, 3.05) is 6.61 Å². The molecule has 0 radical (unpaired) electrons. The molecule has 0 amide bonds. The molecule has 0 saturated carbocycles. The zero-order valence-corrected chi connectivity index (χ0v) is 20.1. The fourth-order valence-corrected chi connectivity index (χ4v) is 3.16. The minimum atomic E-state index is -5.14. The molecule has 6 N–H and O–H groups in total. The Hall–Kier alpha value is 0.600. The van der Waals surface area contributed by atoms with E-state index in [1.165, 1.54) is 4.72 Å². The van der Waals surface area contributed by atoms with Crippen LogP contribution in [0.2, 0.25) is 0 Å². The average molecular weight is 461 g/mol. The SMILES string of the molecule is O=C([O-])C1=CC(O)C(O)C(OC2C(CO)OC(O)C(NS(=O)(=O)[O-])C2O)O1.[Na+].[Na+]. The van der Waals surface area contributed by atoms with Gasteiger partial charge in [0.25, 0.3) is 0 Å². The molecule has 2 heterocycles. The van der Waals surface area contributed by atoms with E-state index in [4.69, 9.17) is 14.2 Å². The number of hydrogen-bond acceptors (Lipinski definition) is 13. The van der Waals surface area contributed by atoms with Crippen molar-refractivity contribution in [1.82, 2.24) is 4.72 Å². The summed E-state index contributed by atoms with van der Waals surface area (Å²) in [5.41, 5.74) is 0. The zero-order valence-electron chi connectivity index (χ0n) is 15.3. The van der Waals surface area contributed by atoms with Gasteiger partial charge in [0, 0.05) is 0 Å². The molecule has 17 heteroatoms. The van der Waals surface area contributed by atoms with Gasteiger partial charge in [-0.25, -0.2) is 13.1 Å². The molecule has 0 aliphatic carbocycles. The van der Waals surface area contributed by atoms with E-state index < -0.39 is 77.8 Å². The summed E-state index contributed by atoms with van der Waals surface area (Å²) in [6, 6.07) is -1.91. The second-order valence-electron chi connectivity index (χ2n) is 5.72. The minimum Gasteiger partial charge on any atom is -0.735 e. The number of hydrogen-bond donors (Lipinski definition) is 6. The zero-order chi connectivity index (χ0) is 20.5. The predicted molar refractivity (Wildman–Crippen MR) is 75.4 cm³/mol. The van der Waals surface area contributed by atoms with Crippen LogP contribution in [-0.4, -0.2) is 100 Å². The quantitative estimate of drug-likeness (QED) is 0.159. The number of carboxylic acids is 1. The molecule has 0 bridgehead atoms. The van der Waals surface area contributed by atoms with Gasteiger partial charge in [0.1, 0.15) is 48.3 Å². The Bertz CT molecular complexity index is 691. The van der Waals surface area contributed by atoms with Gasteiger partial charge in [-0.05, 0) is 6.08 Å². The molecule has 1 fully saturated rings. The van der Waals surface area contributed by atoms with Crippen molar-refractivity contribution in [2.45, 2.75) is 49.1 Å². The van der Waals surface area contributed by atoms with Crippen LogP contribution in [0.25, 0.3) is 0 Å². The Balaban J connectivity index is 0.00000392. The number of nitrogens with one attached hydrogen (secondary N) is 1. The normalized spacial score (nSPS) is 37.4. The predicted octanol–water partition coefficient (Wildman–Crippen LogP) is -12.4. The smallest absolute Gasteiger partial charge is 0.735 e. The van der Waals surface area contributed by atoms with E-state index in [9.17, 15) is 48.4 Å². The fraction of sp³-hybridized carbons (Fsp3) is 0.750. The van der Waals surface area contributed by atoms with E-state index in [0.717, 1.165) is 0 Å². The first-order valence-electron chi connectivity index (χ1n) is 7.41. The van der Waals surface area contributed by atoms with Crippen LogP contribution in [0.4, 0.5) is 0 Å². The monoisotopic (exact) mass is 461 g/mol. The van der Waals surface area contributed by atoms with Gasteiger partial charge >= 0.3 is 59.1 Å². The number of aliphatic hydroxyl groups is 5. The van der Waals surface area contributed by atoms with E-state index in [-0.39, 0.29) is 59.1 Å². The summed E-state index contributed by atoms with van der Waals surface area (Å²) in [6.45, 7) is -0.871. The summed E-state index contributed by atoms with van der Waals surface area (Å²) in [5.74, 6) is -2.73. The van der Waals surface area contributed by atoms with Crippen molar-refractivity contribution >= 4 is 16.3 Å². The number of carbonyl (C=O) groups excluding carboxylic acids is 1. The van der Waals surface area contributed by atoms with E-state index in [0.29, 0.717) is 6.08 Å². The maximum Gasteiger partial charge on any atom is 1.00 e. The van der Waals surface area contributed by atoms with E-state index in [1.54, 1.807) is 0 Å². The molecular formula is C12H17NNa2O13S. The molecule has 156 valence electrons. The Labute approximate surface area is 208 Å². The first-order valence-corrected chi connectivity index (χ1v) is 8.82. The summed E-state index contributed by atoms with van der Waals surface area (Å²) in [7, 11) is -5.14. The van der Waals surface area contributed by atoms with Crippen LogP contribution in [0.1, 0.15) is 0 Å². The number of aliphatic carboxylic acids is 1. The van der Waals surface area contributed by atoms with Crippen LogP contribution in [0, 0.1) is 0 Å². The molecule has 8 atom stereocenters. The third kappa shape index (κ3) is 7.60. The van der Waals surface area contributed by atoms with Crippen LogP contribution in [0.5, 0.6) is 0 Å². The summed E-state index contributed by atoms with van der Waals surface area (Å²) in [5, 5.41) is 59.6. The number of aliphatic hydroxyl groups excluding tert-OH is 5. The van der Waals surface area contributed by atoms with Crippen molar-refractivity contribution in [3.8, 4) is 0 Å². The van der Waals surface area contributed by atoms with Crippen molar-refractivity contribution < 1.29 is 122 Å². The van der Waals surface area contributed by atoms with Crippen LogP contribution >= 0.6 is 0 Å². The molecule has 2 aliphatic rings. The molecule has 0 aromatic rings. The van der Waals surface area contributed by atoms with Crippen molar-refractivity contribution in [3.63, 3.8) is 0 Å². The van der Waals surface area contributed by atoms with Gasteiger partial charge in [-0.1, -0.05) is 0 Å². The standard InChI is InChI=1S/C12H19NO13S.2Na/c14-2-5-9(8(17)6(11(20)24-5)13-27(21,22)23)26-12-7(16)3(15)1-4(25-12)10(18)19;;/h1,3,5-9,11-17,20H,2H2,(H,18,19)(H,21,22,23);;/q;2*+1/p-2. The Morgan fingerprint density at radius 3 is 2.28 bits per heavy atom. The number of carbonyl (C=O) groups is 1. The first-order chi connectivity index (χ1) is 12.4. The largest absolute Gasteiger partial charge is 1.00 e. The van der Waals surface area contributed by atoms with Gasteiger partial charge in [-0.3, -0.25) is 0 Å². The number of carboxylic acid groups (broad SMARTS) is 1. The molecular weight excluding hydrogens is 444 g/mol. The molecule has 2 aliphatic heterocycles. The van der Waals surface area contributed by atoms with Crippen LogP contribution < -0.4 is 68.9 Å². The van der Waals surface area contributed by atoms with Crippen LogP contribution in [0.3, 0.4) is 0 Å². The third-order valence-corrected chi connectivity index (χ3v) is 4.40. The van der Waals surface area contributed by atoms with Gasteiger partial charge in [0.2, 0.25) is 6.29 Å². The topological polar surface area (TPSA) is 238 Å². The van der Waals surface area contributed by atoms with Crippen molar-refractivity contribution in [3.05, 3.63) is 11.8 Å². The molecule has 1 saturated heterocycles. The molecule has 8 unspecified atom stereocenters. The maximum absolute atomic E-state index is 10.9. The van der Waals surface area contributed by atoms with E-state index in [1.807, 2.05) is 0 Å². The number of ether oxygens (including phenoxy) is 3. The van der Waals surface area contributed by atoms with Gasteiger partial charge < -0.3 is 54.2 Å². The van der Waals surface area contributed by atoms with Gasteiger partial charge in [0.05, 0.1) is 6.61 Å². The van der Waals surface area contributed by atoms with E-state index in [2.05, 4.69) is 0 Å². The van der Waals surface area contributed by atoms with Crippen molar-refractivity contribution in [2.24, 2.45) is 0 Å². The maximum atomic E-state index is 10.9.